The lowest BCUT2D eigenvalue weighted by Crippen LogP contribution is -1.84. The lowest BCUT2D eigenvalue weighted by Gasteiger charge is -2.00. The third-order valence-corrected chi connectivity index (χ3v) is 2.47. The molecule has 0 unspecified atom stereocenters. The van der Waals surface area contributed by atoms with Gasteiger partial charge in [0.2, 0.25) is 0 Å². The minimum atomic E-state index is 0.844. The van der Waals surface area contributed by atoms with Crippen LogP contribution < -0.4 is 0 Å². The van der Waals surface area contributed by atoms with E-state index in [0.717, 1.165) is 13.2 Å². The molecule has 96 valence electrons. The smallest absolute Gasteiger partial charge is 0.0437 e. The van der Waals surface area contributed by atoms with Crippen LogP contribution in [0.2, 0.25) is 0 Å². The summed E-state index contributed by atoms with van der Waals surface area (Å²) >= 11 is 0. The Kier molecular flexibility index (Phi) is 6.74. The molecule has 0 aliphatic heterocycles. The Bertz CT molecular complexity index is 421. The van der Waals surface area contributed by atoms with Crippen molar-refractivity contribution in [1.29, 1.82) is 0 Å². The van der Waals surface area contributed by atoms with Crippen molar-refractivity contribution in [2.24, 2.45) is 0 Å². The molecule has 2 nitrogen and oxygen atoms in total. The van der Waals surface area contributed by atoms with Crippen LogP contribution in [0.15, 0.2) is 48.8 Å². The third kappa shape index (κ3) is 5.11. The molecule has 2 aromatic rings. The molecular weight excluding hydrogens is 222 g/mol. The number of aromatic nitrogens is 1. The summed E-state index contributed by atoms with van der Waals surface area (Å²) in [5.74, 6) is 0. The second kappa shape index (κ2) is 8.43. The average Bonchev–Trinajstić information content (AvgIpc) is 2.42. The van der Waals surface area contributed by atoms with Gasteiger partial charge in [-0.15, -0.1) is 0 Å². The summed E-state index contributed by atoms with van der Waals surface area (Å²) in [5.41, 5.74) is 3.75. The van der Waals surface area contributed by atoms with Crippen LogP contribution in [0.3, 0.4) is 0 Å². The van der Waals surface area contributed by atoms with Gasteiger partial charge in [-0.2, -0.15) is 0 Å². The average molecular weight is 243 g/mol. The maximum absolute atomic E-state index is 4.83. The zero-order chi connectivity index (χ0) is 13.2. The predicted octanol–water partition coefficient (Wildman–Crippen LogP) is 4.10. The van der Waals surface area contributed by atoms with E-state index in [0.29, 0.717) is 0 Å². The van der Waals surface area contributed by atoms with Crippen LogP contribution in [0.5, 0.6) is 0 Å². The lowest BCUT2D eigenvalue weighted by molar-refractivity contribution is 0.162. The van der Waals surface area contributed by atoms with Crippen molar-refractivity contribution in [1.82, 2.24) is 4.98 Å². The molecule has 18 heavy (non-hydrogen) atoms. The summed E-state index contributed by atoms with van der Waals surface area (Å²) in [6.45, 7) is 7.76. The molecule has 0 aliphatic rings. The van der Waals surface area contributed by atoms with Crippen LogP contribution in [-0.2, 0) is 4.74 Å². The quantitative estimate of drug-likeness (QED) is 0.809. The monoisotopic (exact) mass is 243 g/mol. The molecule has 0 saturated carbocycles. The van der Waals surface area contributed by atoms with Gasteiger partial charge in [0.15, 0.2) is 0 Å². The van der Waals surface area contributed by atoms with Gasteiger partial charge in [-0.3, -0.25) is 4.98 Å². The fraction of sp³-hybridized carbons (Fsp3) is 0.312. The first kappa shape index (κ1) is 14.4. The first-order chi connectivity index (χ1) is 8.77. The van der Waals surface area contributed by atoms with Gasteiger partial charge in [-0.05, 0) is 44.0 Å². The topological polar surface area (TPSA) is 22.1 Å². The molecule has 0 atom stereocenters. The van der Waals surface area contributed by atoms with Crippen molar-refractivity contribution >= 4 is 0 Å². The molecular formula is C16H21NO. The summed E-state index contributed by atoms with van der Waals surface area (Å²) in [5, 5.41) is 0. The van der Waals surface area contributed by atoms with Crippen molar-refractivity contribution in [3.8, 4) is 11.1 Å². The maximum Gasteiger partial charge on any atom is 0.0437 e. The van der Waals surface area contributed by atoms with E-state index in [4.69, 9.17) is 4.74 Å². The van der Waals surface area contributed by atoms with Crippen LogP contribution >= 0.6 is 0 Å². The molecule has 0 amide bonds. The number of aryl methyl sites for hydroxylation is 1. The van der Waals surface area contributed by atoms with Crippen molar-refractivity contribution in [3.63, 3.8) is 0 Å². The normalized spacial score (nSPS) is 9.50. The van der Waals surface area contributed by atoms with Gasteiger partial charge in [0, 0.05) is 25.6 Å². The number of benzene rings is 1. The Morgan fingerprint density at radius 1 is 0.833 bits per heavy atom. The fourth-order valence-electron chi connectivity index (χ4n) is 1.49. The van der Waals surface area contributed by atoms with Crippen molar-refractivity contribution in [2.75, 3.05) is 13.2 Å². The number of hydrogen-bond donors (Lipinski definition) is 0. The van der Waals surface area contributed by atoms with E-state index < -0.39 is 0 Å². The van der Waals surface area contributed by atoms with E-state index in [1.807, 2.05) is 38.4 Å². The molecule has 0 N–H and O–H groups in total. The Labute approximate surface area is 110 Å². The van der Waals surface area contributed by atoms with Gasteiger partial charge in [0.25, 0.3) is 0 Å². The molecule has 0 aliphatic carbocycles. The van der Waals surface area contributed by atoms with E-state index in [-0.39, 0.29) is 0 Å². The zero-order valence-electron chi connectivity index (χ0n) is 11.4. The first-order valence-corrected chi connectivity index (χ1v) is 6.32. The standard InChI is InChI=1S/C12H11N.C4H10O/c1-10-2-4-11(5-3-10)12-6-8-13-9-7-12;1-3-5-4-2/h2-9H,1H3;3-4H2,1-2H3. The number of nitrogens with zero attached hydrogens (tertiary/aromatic N) is 1. The second-order valence-electron chi connectivity index (χ2n) is 3.88. The van der Waals surface area contributed by atoms with Gasteiger partial charge in [0.05, 0.1) is 0 Å². The third-order valence-electron chi connectivity index (χ3n) is 2.47. The van der Waals surface area contributed by atoms with E-state index in [1.165, 1.54) is 16.7 Å². The van der Waals surface area contributed by atoms with Crippen LogP contribution in [0.4, 0.5) is 0 Å². The molecule has 0 saturated heterocycles. The second-order valence-corrected chi connectivity index (χ2v) is 3.88. The van der Waals surface area contributed by atoms with Gasteiger partial charge in [-0.1, -0.05) is 29.8 Å². The Morgan fingerprint density at radius 2 is 1.33 bits per heavy atom. The number of hydrogen-bond acceptors (Lipinski definition) is 2. The molecule has 1 aromatic carbocycles. The van der Waals surface area contributed by atoms with Crippen molar-refractivity contribution in [3.05, 3.63) is 54.4 Å². The molecule has 1 heterocycles. The fourth-order valence-corrected chi connectivity index (χ4v) is 1.49. The largest absolute Gasteiger partial charge is 0.382 e. The van der Waals surface area contributed by atoms with E-state index in [1.54, 1.807) is 0 Å². The summed E-state index contributed by atoms with van der Waals surface area (Å²) < 4.78 is 4.83. The zero-order valence-corrected chi connectivity index (χ0v) is 11.4. The highest BCUT2D eigenvalue weighted by atomic mass is 16.5. The molecule has 0 spiro atoms. The van der Waals surface area contributed by atoms with Crippen molar-refractivity contribution in [2.45, 2.75) is 20.8 Å². The molecule has 0 fully saturated rings. The van der Waals surface area contributed by atoms with E-state index in [9.17, 15) is 0 Å². The number of rotatable bonds is 3. The summed E-state index contributed by atoms with van der Waals surface area (Å²) in [6.07, 6.45) is 3.63. The Morgan fingerprint density at radius 3 is 1.78 bits per heavy atom. The van der Waals surface area contributed by atoms with Gasteiger partial charge in [0.1, 0.15) is 0 Å². The van der Waals surface area contributed by atoms with Crippen molar-refractivity contribution < 1.29 is 4.74 Å². The SMILES string of the molecule is CCOCC.Cc1ccc(-c2ccncc2)cc1. The summed E-state index contributed by atoms with van der Waals surface area (Å²) in [4.78, 5) is 3.99. The van der Waals surface area contributed by atoms with Crippen LogP contribution in [0.25, 0.3) is 11.1 Å². The molecule has 1 aromatic heterocycles. The van der Waals surface area contributed by atoms with Crippen LogP contribution in [-0.4, -0.2) is 18.2 Å². The predicted molar refractivity (Wildman–Crippen MR) is 76.6 cm³/mol. The summed E-state index contributed by atoms with van der Waals surface area (Å²) in [6, 6.07) is 12.5. The number of ether oxygens (including phenoxy) is 1. The summed E-state index contributed by atoms with van der Waals surface area (Å²) in [7, 11) is 0. The van der Waals surface area contributed by atoms with E-state index in [2.05, 4.69) is 36.2 Å². The molecule has 0 bridgehead atoms. The van der Waals surface area contributed by atoms with Gasteiger partial charge < -0.3 is 4.74 Å². The van der Waals surface area contributed by atoms with Crippen LogP contribution in [0.1, 0.15) is 19.4 Å². The van der Waals surface area contributed by atoms with Crippen LogP contribution in [0, 0.1) is 6.92 Å². The Hall–Kier alpha value is -1.67. The Balaban J connectivity index is 0.000000280. The van der Waals surface area contributed by atoms with E-state index >= 15 is 0 Å². The number of pyridine rings is 1. The lowest BCUT2D eigenvalue weighted by atomic mass is 10.1. The van der Waals surface area contributed by atoms with Gasteiger partial charge >= 0.3 is 0 Å². The maximum atomic E-state index is 4.83. The first-order valence-electron chi connectivity index (χ1n) is 6.32. The minimum absolute atomic E-state index is 0.844. The molecule has 2 rings (SSSR count). The highest BCUT2D eigenvalue weighted by molar-refractivity contribution is 5.62. The highest BCUT2D eigenvalue weighted by Gasteiger charge is 1.94. The minimum Gasteiger partial charge on any atom is -0.382 e. The molecule has 0 radical (unpaired) electrons. The highest BCUT2D eigenvalue weighted by Crippen LogP contribution is 2.17. The van der Waals surface area contributed by atoms with Gasteiger partial charge in [-0.25, -0.2) is 0 Å². The molecule has 2 heteroatoms.